The van der Waals surface area contributed by atoms with Crippen molar-refractivity contribution in [2.24, 2.45) is 5.92 Å². The molecule has 2 rings (SSSR count). The maximum atomic E-state index is 12.6. The van der Waals surface area contributed by atoms with Gasteiger partial charge in [0.25, 0.3) is 0 Å². The van der Waals surface area contributed by atoms with Crippen molar-refractivity contribution >= 4 is 5.91 Å². The van der Waals surface area contributed by atoms with Crippen LogP contribution in [0.5, 0.6) is 0 Å². The number of amides is 1. The van der Waals surface area contributed by atoms with Crippen LogP contribution in [0.15, 0.2) is 30.3 Å². The van der Waals surface area contributed by atoms with E-state index in [1.807, 2.05) is 23.1 Å². The summed E-state index contributed by atoms with van der Waals surface area (Å²) < 4.78 is 0. The van der Waals surface area contributed by atoms with Crippen LogP contribution in [-0.2, 0) is 11.3 Å². The Morgan fingerprint density at radius 1 is 1.14 bits per heavy atom. The molecule has 1 fully saturated rings. The van der Waals surface area contributed by atoms with Gasteiger partial charge in [-0.3, -0.25) is 4.79 Å². The molecule has 1 heterocycles. The average Bonchev–Trinajstić information content (AvgIpc) is 2.46. The third-order valence-electron chi connectivity index (χ3n) is 4.24. The third-order valence-corrected chi connectivity index (χ3v) is 4.24. The topological polar surface area (TPSA) is 35.6 Å². The zero-order valence-electron chi connectivity index (χ0n) is 13.2. The minimum atomic E-state index is 0.172. The van der Waals surface area contributed by atoms with Gasteiger partial charge in [-0.15, -0.1) is 0 Å². The highest BCUT2D eigenvalue weighted by molar-refractivity contribution is 5.80. The van der Waals surface area contributed by atoms with Crippen LogP contribution in [-0.4, -0.2) is 55.0 Å². The predicted molar refractivity (Wildman–Crippen MR) is 86.0 cm³/mol. The van der Waals surface area contributed by atoms with E-state index in [4.69, 9.17) is 0 Å². The van der Waals surface area contributed by atoms with E-state index in [9.17, 15) is 4.79 Å². The number of carbonyl (C=O) groups excluding carboxylic acids is 1. The standard InChI is InChI=1S/C17H27N3O/c1-3-19(4-2)10-11-20(17(21)16-12-18-13-16)14-15-8-6-5-7-9-15/h5-9,16,18H,3-4,10-14H2,1-2H3. The van der Waals surface area contributed by atoms with Crippen LogP contribution in [0.1, 0.15) is 19.4 Å². The summed E-state index contributed by atoms with van der Waals surface area (Å²) in [6, 6.07) is 10.3. The van der Waals surface area contributed by atoms with Gasteiger partial charge in [-0.25, -0.2) is 0 Å². The molecule has 1 N–H and O–H groups in total. The Morgan fingerprint density at radius 3 is 2.33 bits per heavy atom. The summed E-state index contributed by atoms with van der Waals surface area (Å²) in [5, 5.41) is 3.19. The second-order valence-electron chi connectivity index (χ2n) is 5.63. The summed E-state index contributed by atoms with van der Waals surface area (Å²) in [6.07, 6.45) is 0. The molecule has 0 spiro atoms. The Bertz CT molecular complexity index is 427. The van der Waals surface area contributed by atoms with Crippen LogP contribution in [0.4, 0.5) is 0 Å². The molecule has 1 amide bonds. The molecule has 4 heteroatoms. The van der Waals surface area contributed by atoms with Gasteiger partial charge >= 0.3 is 0 Å². The third kappa shape index (κ3) is 4.55. The van der Waals surface area contributed by atoms with Crippen molar-refractivity contribution < 1.29 is 4.79 Å². The van der Waals surface area contributed by atoms with Gasteiger partial charge in [0.15, 0.2) is 0 Å². The normalized spacial score (nSPS) is 15.0. The highest BCUT2D eigenvalue weighted by Crippen LogP contribution is 2.12. The molecule has 1 aromatic rings. The highest BCUT2D eigenvalue weighted by Gasteiger charge is 2.29. The molecule has 4 nitrogen and oxygen atoms in total. The lowest BCUT2D eigenvalue weighted by Crippen LogP contribution is -2.52. The van der Waals surface area contributed by atoms with E-state index in [1.165, 1.54) is 5.56 Å². The molecule has 0 saturated carbocycles. The number of nitrogens with zero attached hydrogens (tertiary/aromatic N) is 2. The molecule has 1 aliphatic heterocycles. The Labute approximate surface area is 128 Å². The molecule has 116 valence electrons. The molecule has 0 aliphatic carbocycles. The van der Waals surface area contributed by atoms with Gasteiger partial charge < -0.3 is 15.1 Å². The van der Waals surface area contributed by atoms with Crippen molar-refractivity contribution in [2.45, 2.75) is 20.4 Å². The maximum absolute atomic E-state index is 12.6. The molecule has 0 aromatic heterocycles. The number of rotatable bonds is 8. The Kier molecular flexibility index (Phi) is 6.21. The smallest absolute Gasteiger partial charge is 0.228 e. The minimum Gasteiger partial charge on any atom is -0.337 e. The van der Waals surface area contributed by atoms with Crippen LogP contribution < -0.4 is 5.32 Å². The van der Waals surface area contributed by atoms with E-state index in [0.29, 0.717) is 5.91 Å². The summed E-state index contributed by atoms with van der Waals surface area (Å²) in [4.78, 5) is 17.0. The highest BCUT2D eigenvalue weighted by atomic mass is 16.2. The van der Waals surface area contributed by atoms with Crippen molar-refractivity contribution in [1.29, 1.82) is 0 Å². The lowest BCUT2D eigenvalue weighted by molar-refractivity contribution is -0.138. The molecule has 1 aliphatic rings. The van der Waals surface area contributed by atoms with E-state index in [-0.39, 0.29) is 5.92 Å². The van der Waals surface area contributed by atoms with Crippen LogP contribution in [0.25, 0.3) is 0 Å². The number of hydrogen-bond acceptors (Lipinski definition) is 3. The number of nitrogens with one attached hydrogen (secondary N) is 1. The second-order valence-corrected chi connectivity index (χ2v) is 5.63. The Balaban J connectivity index is 1.97. The number of hydrogen-bond donors (Lipinski definition) is 1. The molecule has 1 aromatic carbocycles. The van der Waals surface area contributed by atoms with Gasteiger partial charge in [0.2, 0.25) is 5.91 Å². The Hall–Kier alpha value is -1.39. The lowest BCUT2D eigenvalue weighted by Gasteiger charge is -2.33. The SMILES string of the molecule is CCN(CC)CCN(Cc1ccccc1)C(=O)C1CNC1. The monoisotopic (exact) mass is 289 g/mol. The zero-order valence-corrected chi connectivity index (χ0v) is 13.2. The van der Waals surface area contributed by atoms with E-state index in [2.05, 4.69) is 36.2 Å². The second kappa shape index (κ2) is 8.15. The van der Waals surface area contributed by atoms with Crippen LogP contribution in [0.2, 0.25) is 0 Å². The first kappa shape index (κ1) is 16.0. The number of benzene rings is 1. The fourth-order valence-corrected chi connectivity index (χ4v) is 2.59. The van der Waals surface area contributed by atoms with Gasteiger partial charge in [-0.05, 0) is 18.7 Å². The van der Waals surface area contributed by atoms with Gasteiger partial charge in [-0.2, -0.15) is 0 Å². The van der Waals surface area contributed by atoms with E-state index in [0.717, 1.165) is 45.8 Å². The summed E-state index contributed by atoms with van der Waals surface area (Å²) in [5.74, 6) is 0.468. The molecule has 0 atom stereocenters. The summed E-state index contributed by atoms with van der Waals surface area (Å²) >= 11 is 0. The van der Waals surface area contributed by atoms with Crippen molar-refractivity contribution in [2.75, 3.05) is 39.3 Å². The first-order valence-corrected chi connectivity index (χ1v) is 8.00. The fourth-order valence-electron chi connectivity index (χ4n) is 2.59. The van der Waals surface area contributed by atoms with Gasteiger partial charge in [-0.1, -0.05) is 44.2 Å². The van der Waals surface area contributed by atoms with Crippen LogP contribution in [0.3, 0.4) is 0 Å². The largest absolute Gasteiger partial charge is 0.337 e. The molecule has 1 saturated heterocycles. The predicted octanol–water partition coefficient (Wildman–Crippen LogP) is 1.58. The van der Waals surface area contributed by atoms with Gasteiger partial charge in [0.05, 0.1) is 5.92 Å². The van der Waals surface area contributed by atoms with E-state index >= 15 is 0 Å². The van der Waals surface area contributed by atoms with E-state index in [1.54, 1.807) is 0 Å². The van der Waals surface area contributed by atoms with Crippen molar-refractivity contribution in [3.8, 4) is 0 Å². The van der Waals surface area contributed by atoms with Crippen molar-refractivity contribution in [1.82, 2.24) is 15.1 Å². The number of carbonyl (C=O) groups is 1. The molecule has 0 radical (unpaired) electrons. The van der Waals surface area contributed by atoms with Gasteiger partial charge in [0, 0.05) is 32.7 Å². The average molecular weight is 289 g/mol. The summed E-state index contributed by atoms with van der Waals surface area (Å²) in [5.41, 5.74) is 1.21. The Morgan fingerprint density at radius 2 is 1.81 bits per heavy atom. The quantitative estimate of drug-likeness (QED) is 0.789. The van der Waals surface area contributed by atoms with Crippen LogP contribution >= 0.6 is 0 Å². The molecular weight excluding hydrogens is 262 g/mol. The zero-order chi connectivity index (χ0) is 15.1. The molecule has 21 heavy (non-hydrogen) atoms. The molecule has 0 unspecified atom stereocenters. The number of likely N-dealkylation sites (N-methyl/N-ethyl adjacent to an activating group) is 1. The minimum absolute atomic E-state index is 0.172. The lowest BCUT2D eigenvalue weighted by atomic mass is 10.0. The van der Waals surface area contributed by atoms with Crippen molar-refractivity contribution in [3.05, 3.63) is 35.9 Å². The maximum Gasteiger partial charge on any atom is 0.228 e. The van der Waals surface area contributed by atoms with E-state index < -0.39 is 0 Å². The molecular formula is C17H27N3O. The summed E-state index contributed by atoms with van der Waals surface area (Å²) in [7, 11) is 0. The first-order chi connectivity index (χ1) is 10.2. The fraction of sp³-hybridized carbons (Fsp3) is 0.588. The summed E-state index contributed by atoms with van der Waals surface area (Å²) in [6.45, 7) is 10.6. The first-order valence-electron chi connectivity index (χ1n) is 8.00. The van der Waals surface area contributed by atoms with Crippen molar-refractivity contribution in [3.63, 3.8) is 0 Å². The van der Waals surface area contributed by atoms with Gasteiger partial charge in [0.1, 0.15) is 0 Å². The molecule has 0 bridgehead atoms. The van der Waals surface area contributed by atoms with Crippen LogP contribution in [0, 0.1) is 5.92 Å².